The first-order valence-corrected chi connectivity index (χ1v) is 7.03. The minimum Gasteiger partial charge on any atom is -0.462 e. The van der Waals surface area contributed by atoms with Gasteiger partial charge in [0.05, 0.1) is 17.7 Å². The van der Waals surface area contributed by atoms with Crippen LogP contribution in [0.1, 0.15) is 28.4 Å². The van der Waals surface area contributed by atoms with Gasteiger partial charge in [-0.15, -0.1) is 0 Å². The van der Waals surface area contributed by atoms with E-state index in [0.29, 0.717) is 22.5 Å². The predicted molar refractivity (Wildman–Crippen MR) is 81.9 cm³/mol. The molecule has 0 spiro atoms. The average Bonchev–Trinajstić information content (AvgIpc) is 2.49. The molecule has 6 heteroatoms. The van der Waals surface area contributed by atoms with Gasteiger partial charge >= 0.3 is 12.1 Å². The summed E-state index contributed by atoms with van der Waals surface area (Å²) in [7, 11) is 0. The smallest absolute Gasteiger partial charge is 0.416 e. The Morgan fingerprint density at radius 3 is 2.57 bits per heavy atom. The molecule has 0 unspecified atom stereocenters. The monoisotopic (exact) mass is 323 g/mol. The van der Waals surface area contributed by atoms with E-state index in [9.17, 15) is 18.0 Å². The molecule has 0 aromatic heterocycles. The van der Waals surface area contributed by atoms with Crippen LogP contribution in [0.2, 0.25) is 0 Å². The second-order valence-electron chi connectivity index (χ2n) is 4.95. The normalized spacial score (nSPS) is 11.2. The third-order valence-corrected chi connectivity index (χ3v) is 3.22. The van der Waals surface area contributed by atoms with Crippen molar-refractivity contribution in [3.05, 3.63) is 59.2 Å². The van der Waals surface area contributed by atoms with Crippen molar-refractivity contribution in [1.29, 1.82) is 0 Å². The van der Waals surface area contributed by atoms with E-state index >= 15 is 0 Å². The van der Waals surface area contributed by atoms with Crippen LogP contribution in [0.4, 0.5) is 24.5 Å². The molecule has 0 fully saturated rings. The van der Waals surface area contributed by atoms with Crippen molar-refractivity contribution in [2.24, 2.45) is 0 Å². The summed E-state index contributed by atoms with van der Waals surface area (Å²) in [6.07, 6.45) is -4.41. The van der Waals surface area contributed by atoms with Crippen molar-refractivity contribution >= 4 is 17.3 Å². The molecule has 0 aliphatic rings. The van der Waals surface area contributed by atoms with Crippen LogP contribution in [0.5, 0.6) is 0 Å². The number of rotatable bonds is 4. The fraction of sp³-hybridized carbons (Fsp3) is 0.235. The first-order chi connectivity index (χ1) is 10.8. The number of halogens is 3. The first kappa shape index (κ1) is 16.9. The number of carbonyl (C=O) groups excluding carboxylic acids is 1. The van der Waals surface area contributed by atoms with E-state index in [2.05, 4.69) is 5.32 Å². The van der Waals surface area contributed by atoms with Gasteiger partial charge in [-0.05, 0) is 49.7 Å². The Morgan fingerprint density at radius 1 is 1.17 bits per heavy atom. The number of esters is 1. The zero-order chi connectivity index (χ0) is 17.0. The van der Waals surface area contributed by atoms with Gasteiger partial charge < -0.3 is 10.1 Å². The van der Waals surface area contributed by atoms with Gasteiger partial charge in [0.25, 0.3) is 0 Å². The van der Waals surface area contributed by atoms with Crippen LogP contribution in [0.15, 0.2) is 42.5 Å². The van der Waals surface area contributed by atoms with Crippen LogP contribution in [0.25, 0.3) is 0 Å². The van der Waals surface area contributed by atoms with Crippen LogP contribution in [0, 0.1) is 6.92 Å². The minimum absolute atomic E-state index is 0.253. The molecule has 2 aromatic carbocycles. The second-order valence-corrected chi connectivity index (χ2v) is 4.95. The van der Waals surface area contributed by atoms with Crippen molar-refractivity contribution in [3.63, 3.8) is 0 Å². The van der Waals surface area contributed by atoms with Gasteiger partial charge in [0.2, 0.25) is 0 Å². The highest BCUT2D eigenvalue weighted by Crippen LogP contribution is 2.33. The van der Waals surface area contributed by atoms with E-state index in [1.54, 1.807) is 32.0 Å². The summed E-state index contributed by atoms with van der Waals surface area (Å²) in [4.78, 5) is 11.7. The number of anilines is 2. The molecule has 0 amide bonds. The molecule has 0 aliphatic heterocycles. The highest BCUT2D eigenvalue weighted by atomic mass is 19.4. The standard InChI is InChI=1S/C17H16F3NO2/c1-3-23-16(22)12-5-4-6-14(9-12)21-15-10-13(17(18,19)20)8-7-11(15)2/h4-10,21H,3H2,1-2H3. The number of hydrogen-bond donors (Lipinski definition) is 1. The van der Waals surface area contributed by atoms with Crippen LogP contribution >= 0.6 is 0 Å². The van der Waals surface area contributed by atoms with E-state index in [1.165, 1.54) is 12.1 Å². The Labute approximate surface area is 132 Å². The Kier molecular flexibility index (Phi) is 4.93. The molecule has 2 rings (SSSR count). The maximum absolute atomic E-state index is 12.8. The molecule has 0 saturated carbocycles. The molecular weight excluding hydrogens is 307 g/mol. The van der Waals surface area contributed by atoms with E-state index in [-0.39, 0.29) is 6.61 Å². The summed E-state index contributed by atoms with van der Waals surface area (Å²) in [6, 6.07) is 9.92. The lowest BCUT2D eigenvalue weighted by Crippen LogP contribution is -2.07. The van der Waals surface area contributed by atoms with Crippen LogP contribution in [0.3, 0.4) is 0 Å². The maximum atomic E-state index is 12.8. The Morgan fingerprint density at radius 2 is 1.91 bits per heavy atom. The molecule has 2 aromatic rings. The van der Waals surface area contributed by atoms with Crippen molar-refractivity contribution < 1.29 is 22.7 Å². The largest absolute Gasteiger partial charge is 0.462 e. The SMILES string of the molecule is CCOC(=O)c1cccc(Nc2cc(C(F)(F)F)ccc2C)c1. The van der Waals surface area contributed by atoms with Gasteiger partial charge in [-0.2, -0.15) is 13.2 Å². The number of benzene rings is 2. The molecule has 23 heavy (non-hydrogen) atoms. The molecule has 0 atom stereocenters. The van der Waals surface area contributed by atoms with Crippen LogP contribution in [-0.4, -0.2) is 12.6 Å². The van der Waals surface area contributed by atoms with Gasteiger partial charge in [0.15, 0.2) is 0 Å². The number of ether oxygens (including phenoxy) is 1. The molecule has 0 heterocycles. The zero-order valence-electron chi connectivity index (χ0n) is 12.7. The van der Waals surface area contributed by atoms with Gasteiger partial charge in [-0.3, -0.25) is 0 Å². The summed E-state index contributed by atoms with van der Waals surface area (Å²) >= 11 is 0. The lowest BCUT2D eigenvalue weighted by molar-refractivity contribution is -0.137. The van der Waals surface area contributed by atoms with Crippen molar-refractivity contribution in [2.75, 3.05) is 11.9 Å². The molecule has 0 aliphatic carbocycles. The van der Waals surface area contributed by atoms with Crippen molar-refractivity contribution in [2.45, 2.75) is 20.0 Å². The number of alkyl halides is 3. The Bertz CT molecular complexity index is 711. The van der Waals surface area contributed by atoms with Crippen LogP contribution < -0.4 is 5.32 Å². The molecule has 0 bridgehead atoms. The summed E-state index contributed by atoms with van der Waals surface area (Å²) in [5.74, 6) is -0.475. The Hall–Kier alpha value is -2.50. The molecule has 122 valence electrons. The summed E-state index contributed by atoms with van der Waals surface area (Å²) in [5.41, 5.74) is 1.12. The van der Waals surface area contributed by atoms with E-state index < -0.39 is 17.7 Å². The Balaban J connectivity index is 2.29. The molecule has 0 radical (unpaired) electrons. The lowest BCUT2D eigenvalue weighted by Gasteiger charge is -2.14. The van der Waals surface area contributed by atoms with Crippen molar-refractivity contribution in [3.8, 4) is 0 Å². The van der Waals surface area contributed by atoms with Crippen molar-refractivity contribution in [1.82, 2.24) is 0 Å². The summed E-state index contributed by atoms with van der Waals surface area (Å²) < 4.78 is 43.3. The van der Waals surface area contributed by atoms with Gasteiger partial charge in [0, 0.05) is 11.4 Å². The number of carbonyl (C=O) groups is 1. The fourth-order valence-electron chi connectivity index (χ4n) is 2.03. The maximum Gasteiger partial charge on any atom is 0.416 e. The number of aryl methyl sites for hydroxylation is 1. The van der Waals surface area contributed by atoms with Gasteiger partial charge in [0.1, 0.15) is 0 Å². The topological polar surface area (TPSA) is 38.3 Å². The summed E-state index contributed by atoms with van der Waals surface area (Å²) in [6.45, 7) is 3.66. The molecule has 1 N–H and O–H groups in total. The fourth-order valence-corrected chi connectivity index (χ4v) is 2.03. The predicted octanol–water partition coefficient (Wildman–Crippen LogP) is 4.93. The highest BCUT2D eigenvalue weighted by molar-refractivity contribution is 5.90. The van der Waals surface area contributed by atoms with E-state index in [0.717, 1.165) is 12.1 Å². The lowest BCUT2D eigenvalue weighted by atomic mass is 10.1. The number of hydrogen-bond acceptors (Lipinski definition) is 3. The number of nitrogens with one attached hydrogen (secondary N) is 1. The summed E-state index contributed by atoms with van der Waals surface area (Å²) in [5, 5.41) is 2.91. The first-order valence-electron chi connectivity index (χ1n) is 7.03. The second kappa shape index (κ2) is 6.73. The minimum atomic E-state index is -4.41. The highest BCUT2D eigenvalue weighted by Gasteiger charge is 2.30. The van der Waals surface area contributed by atoms with Crippen LogP contribution in [-0.2, 0) is 10.9 Å². The van der Waals surface area contributed by atoms with Gasteiger partial charge in [-0.25, -0.2) is 4.79 Å². The molecule has 3 nitrogen and oxygen atoms in total. The third-order valence-electron chi connectivity index (χ3n) is 3.22. The third kappa shape index (κ3) is 4.25. The van der Waals surface area contributed by atoms with Gasteiger partial charge in [-0.1, -0.05) is 12.1 Å². The molecule has 0 saturated heterocycles. The quantitative estimate of drug-likeness (QED) is 0.810. The average molecular weight is 323 g/mol. The molecular formula is C17H16F3NO2. The van der Waals surface area contributed by atoms with E-state index in [1.807, 2.05) is 0 Å². The van der Waals surface area contributed by atoms with E-state index in [4.69, 9.17) is 4.74 Å². The zero-order valence-corrected chi connectivity index (χ0v) is 12.7.